The maximum Gasteiger partial charge on any atom is 0.417 e. The fraction of sp³-hybridized carbons (Fsp3) is 0.286. The number of alkyl halides is 3. The molecule has 22 heavy (non-hydrogen) atoms. The van der Waals surface area contributed by atoms with E-state index in [-0.39, 0.29) is 5.91 Å². The summed E-state index contributed by atoms with van der Waals surface area (Å²) >= 11 is 2.67. The number of rotatable bonds is 5. The van der Waals surface area contributed by atoms with Gasteiger partial charge in [0.25, 0.3) is 0 Å². The molecular formula is C14H13F3N2OS2. The van der Waals surface area contributed by atoms with Gasteiger partial charge in [0.15, 0.2) is 0 Å². The lowest BCUT2D eigenvalue weighted by Gasteiger charge is -2.11. The Bertz CT molecular complexity index is 612. The minimum atomic E-state index is -4.40. The minimum Gasteiger partial charge on any atom is -0.350 e. The second-order valence-electron chi connectivity index (χ2n) is 4.44. The lowest BCUT2D eigenvalue weighted by Crippen LogP contribution is -2.30. The molecule has 2 aromatic heterocycles. The van der Waals surface area contributed by atoms with E-state index in [1.807, 2.05) is 17.5 Å². The van der Waals surface area contributed by atoms with Gasteiger partial charge in [-0.2, -0.15) is 13.2 Å². The van der Waals surface area contributed by atoms with Crippen molar-refractivity contribution in [3.63, 3.8) is 0 Å². The number of thioether (sulfide) groups is 1. The average Bonchev–Trinajstić information content (AvgIpc) is 2.97. The third kappa shape index (κ3) is 4.74. The number of aromatic nitrogens is 1. The lowest BCUT2D eigenvalue weighted by molar-refractivity contribution is -0.137. The first-order valence-corrected chi connectivity index (χ1v) is 8.12. The van der Waals surface area contributed by atoms with E-state index in [0.29, 0.717) is 11.6 Å². The number of pyridine rings is 1. The van der Waals surface area contributed by atoms with Crippen LogP contribution in [0.4, 0.5) is 13.2 Å². The molecule has 0 saturated heterocycles. The van der Waals surface area contributed by atoms with Crippen molar-refractivity contribution >= 4 is 29.0 Å². The van der Waals surface area contributed by atoms with Crippen LogP contribution >= 0.6 is 23.1 Å². The molecule has 2 heterocycles. The van der Waals surface area contributed by atoms with Crippen LogP contribution in [0.5, 0.6) is 0 Å². The number of halogens is 3. The Morgan fingerprint density at radius 2 is 2.18 bits per heavy atom. The van der Waals surface area contributed by atoms with Gasteiger partial charge in [-0.3, -0.25) is 4.79 Å². The van der Waals surface area contributed by atoms with Crippen LogP contribution < -0.4 is 5.32 Å². The molecule has 0 saturated carbocycles. The van der Waals surface area contributed by atoms with Crippen LogP contribution in [0.3, 0.4) is 0 Å². The Kier molecular flexibility index (Phi) is 5.47. The van der Waals surface area contributed by atoms with Crippen molar-refractivity contribution in [2.75, 3.05) is 0 Å². The Hall–Kier alpha value is -1.54. The second kappa shape index (κ2) is 7.15. The summed E-state index contributed by atoms with van der Waals surface area (Å²) in [6, 6.07) is 6.05. The molecule has 1 N–H and O–H groups in total. The highest BCUT2D eigenvalue weighted by Crippen LogP contribution is 2.30. The van der Waals surface area contributed by atoms with Crippen molar-refractivity contribution in [3.05, 3.63) is 46.3 Å². The van der Waals surface area contributed by atoms with Gasteiger partial charge in [-0.15, -0.1) is 11.3 Å². The highest BCUT2D eigenvalue weighted by Gasteiger charge is 2.30. The molecule has 0 aliphatic carbocycles. The summed E-state index contributed by atoms with van der Waals surface area (Å²) in [5, 5.41) is 4.65. The number of nitrogens with one attached hydrogen (secondary N) is 1. The largest absolute Gasteiger partial charge is 0.417 e. The molecule has 0 fully saturated rings. The molecule has 0 radical (unpaired) electrons. The molecule has 8 heteroatoms. The molecule has 0 spiro atoms. The average molecular weight is 346 g/mol. The number of hydrogen-bond acceptors (Lipinski definition) is 4. The van der Waals surface area contributed by atoms with E-state index in [9.17, 15) is 18.0 Å². The first kappa shape index (κ1) is 16.8. The zero-order chi connectivity index (χ0) is 16.2. The second-order valence-corrected chi connectivity index (χ2v) is 6.83. The molecule has 1 amide bonds. The smallest absolute Gasteiger partial charge is 0.350 e. The molecule has 0 aromatic carbocycles. The summed E-state index contributed by atoms with van der Waals surface area (Å²) in [6.07, 6.45) is -3.63. The summed E-state index contributed by atoms with van der Waals surface area (Å²) < 4.78 is 37.3. The number of nitrogens with zero attached hydrogens (tertiary/aromatic N) is 1. The molecule has 1 unspecified atom stereocenters. The predicted octanol–water partition coefficient (Wildman–Crippen LogP) is 3.96. The number of thiophene rings is 1. The standard InChI is InChI=1S/C14H13F3N2OS2/c1-9(13(20)19-8-11-3-2-6-21-11)22-12-5-4-10(7-18-12)14(15,16)17/h2-7,9H,8H2,1H3,(H,19,20). The van der Waals surface area contributed by atoms with E-state index in [1.165, 1.54) is 6.07 Å². The van der Waals surface area contributed by atoms with E-state index in [1.54, 1.807) is 18.3 Å². The molecule has 2 rings (SSSR count). The quantitative estimate of drug-likeness (QED) is 0.834. The van der Waals surface area contributed by atoms with E-state index in [0.717, 1.165) is 28.9 Å². The number of amides is 1. The zero-order valence-electron chi connectivity index (χ0n) is 11.6. The van der Waals surface area contributed by atoms with Crippen molar-refractivity contribution in [3.8, 4) is 0 Å². The van der Waals surface area contributed by atoms with Crippen LogP contribution in [0.2, 0.25) is 0 Å². The minimum absolute atomic E-state index is 0.180. The maximum atomic E-state index is 12.4. The van der Waals surface area contributed by atoms with Gasteiger partial charge in [-0.1, -0.05) is 17.8 Å². The molecule has 3 nitrogen and oxygen atoms in total. The van der Waals surface area contributed by atoms with Gasteiger partial charge >= 0.3 is 6.18 Å². The third-order valence-electron chi connectivity index (χ3n) is 2.75. The van der Waals surface area contributed by atoms with E-state index in [2.05, 4.69) is 10.3 Å². The van der Waals surface area contributed by atoms with Gasteiger partial charge < -0.3 is 5.32 Å². The highest BCUT2D eigenvalue weighted by atomic mass is 32.2. The topological polar surface area (TPSA) is 42.0 Å². The van der Waals surface area contributed by atoms with Crippen LogP contribution in [0.25, 0.3) is 0 Å². The van der Waals surface area contributed by atoms with E-state index in [4.69, 9.17) is 0 Å². The molecule has 0 aliphatic rings. The van der Waals surface area contributed by atoms with E-state index >= 15 is 0 Å². The molecule has 1 atom stereocenters. The lowest BCUT2D eigenvalue weighted by atomic mass is 10.3. The van der Waals surface area contributed by atoms with Crippen LogP contribution in [0.15, 0.2) is 40.9 Å². The van der Waals surface area contributed by atoms with Gasteiger partial charge in [0.2, 0.25) is 5.91 Å². The van der Waals surface area contributed by atoms with Crippen LogP contribution in [0.1, 0.15) is 17.4 Å². The first-order valence-electron chi connectivity index (χ1n) is 6.36. The van der Waals surface area contributed by atoms with E-state index < -0.39 is 17.0 Å². The Morgan fingerprint density at radius 3 is 2.73 bits per heavy atom. The number of hydrogen-bond donors (Lipinski definition) is 1. The highest BCUT2D eigenvalue weighted by molar-refractivity contribution is 8.00. The van der Waals surface area contributed by atoms with Crippen LogP contribution in [0, 0.1) is 0 Å². The monoisotopic (exact) mass is 346 g/mol. The van der Waals surface area contributed by atoms with Crippen molar-refractivity contribution < 1.29 is 18.0 Å². The van der Waals surface area contributed by atoms with Crippen molar-refractivity contribution in [1.82, 2.24) is 10.3 Å². The number of carbonyl (C=O) groups is 1. The van der Waals surface area contributed by atoms with Crippen molar-refractivity contribution in [2.24, 2.45) is 0 Å². The van der Waals surface area contributed by atoms with Crippen LogP contribution in [-0.2, 0) is 17.5 Å². The molecule has 0 bridgehead atoms. The van der Waals surface area contributed by atoms with Gasteiger partial charge in [-0.25, -0.2) is 4.98 Å². The molecule has 0 aliphatic heterocycles. The van der Waals surface area contributed by atoms with Gasteiger partial charge in [-0.05, 0) is 30.5 Å². The van der Waals surface area contributed by atoms with Crippen molar-refractivity contribution in [2.45, 2.75) is 29.9 Å². The Balaban J connectivity index is 1.88. The Morgan fingerprint density at radius 1 is 1.41 bits per heavy atom. The summed E-state index contributed by atoms with van der Waals surface area (Å²) in [6.45, 7) is 2.13. The number of carbonyl (C=O) groups excluding carboxylic acids is 1. The summed E-state index contributed by atoms with van der Waals surface area (Å²) in [4.78, 5) is 16.7. The maximum absolute atomic E-state index is 12.4. The zero-order valence-corrected chi connectivity index (χ0v) is 13.2. The van der Waals surface area contributed by atoms with Crippen LogP contribution in [-0.4, -0.2) is 16.1 Å². The van der Waals surface area contributed by atoms with Gasteiger partial charge in [0, 0.05) is 11.1 Å². The fourth-order valence-corrected chi connectivity index (χ4v) is 3.04. The summed E-state index contributed by atoms with van der Waals surface area (Å²) in [5.74, 6) is -0.180. The molecular weight excluding hydrogens is 333 g/mol. The van der Waals surface area contributed by atoms with Gasteiger partial charge in [0.05, 0.1) is 22.4 Å². The Labute approximate surface area is 134 Å². The first-order chi connectivity index (χ1) is 10.4. The summed E-state index contributed by atoms with van der Waals surface area (Å²) in [5.41, 5.74) is -0.799. The van der Waals surface area contributed by atoms with Gasteiger partial charge in [0.1, 0.15) is 0 Å². The fourth-order valence-electron chi connectivity index (χ4n) is 1.58. The van der Waals surface area contributed by atoms with Crippen molar-refractivity contribution in [1.29, 1.82) is 0 Å². The third-order valence-corrected chi connectivity index (χ3v) is 4.67. The molecule has 2 aromatic rings. The SMILES string of the molecule is CC(Sc1ccc(C(F)(F)F)cn1)C(=O)NCc1cccs1. The normalized spacial score (nSPS) is 12.9. The summed E-state index contributed by atoms with van der Waals surface area (Å²) in [7, 11) is 0. The predicted molar refractivity (Wildman–Crippen MR) is 80.7 cm³/mol. The molecule has 118 valence electrons.